The van der Waals surface area contributed by atoms with Gasteiger partial charge in [-0.3, -0.25) is 4.79 Å². The molecule has 8 nitrogen and oxygen atoms in total. The van der Waals surface area contributed by atoms with Crippen molar-refractivity contribution in [3.8, 4) is 11.5 Å². The molecule has 0 bridgehead atoms. The second-order valence-corrected chi connectivity index (χ2v) is 7.48. The number of nitrogens with zero attached hydrogens (tertiary/aromatic N) is 1. The Morgan fingerprint density at radius 3 is 2.67 bits per heavy atom. The van der Waals surface area contributed by atoms with Gasteiger partial charge in [0.15, 0.2) is 11.5 Å². The third kappa shape index (κ3) is 5.47. The first kappa shape index (κ1) is 24.2. The number of nitrogens with one attached hydrogen (secondary N) is 1. The molecule has 0 amide bonds. The van der Waals surface area contributed by atoms with Crippen molar-refractivity contribution in [2.45, 2.75) is 26.7 Å². The summed E-state index contributed by atoms with van der Waals surface area (Å²) in [5, 5.41) is 10.2. The highest BCUT2D eigenvalue weighted by atomic mass is 35.5. The zero-order valence-electron chi connectivity index (χ0n) is 18.5. The number of aromatic amines is 1. The van der Waals surface area contributed by atoms with E-state index in [4.69, 9.17) is 36.9 Å². The number of fused-ring (bicyclic) bond motifs is 1. The number of aromatic nitrogens is 1. The smallest absolute Gasteiger partial charge is 0.303 e. The molecule has 174 valence electrons. The van der Waals surface area contributed by atoms with Gasteiger partial charge in [-0.25, -0.2) is 4.99 Å². The van der Waals surface area contributed by atoms with Crippen LogP contribution in [0.2, 0.25) is 5.02 Å². The molecule has 2 aromatic carbocycles. The van der Waals surface area contributed by atoms with Crippen molar-refractivity contribution < 1.29 is 24.2 Å². The molecule has 3 aromatic rings. The summed E-state index contributed by atoms with van der Waals surface area (Å²) >= 11 is 6.41. The first-order valence-corrected chi connectivity index (χ1v) is 10.8. The Morgan fingerprint density at radius 1 is 1.24 bits per heavy atom. The number of carboxylic acids is 1. The molecule has 0 radical (unpaired) electrons. The van der Waals surface area contributed by atoms with E-state index in [1.54, 1.807) is 18.3 Å². The Balaban J connectivity index is 1.99. The van der Waals surface area contributed by atoms with Gasteiger partial charge in [0, 0.05) is 29.1 Å². The first-order chi connectivity index (χ1) is 15.9. The van der Waals surface area contributed by atoms with Gasteiger partial charge in [-0.05, 0) is 38.0 Å². The predicted molar refractivity (Wildman–Crippen MR) is 129 cm³/mol. The topological polar surface area (TPSA) is 119 Å². The summed E-state index contributed by atoms with van der Waals surface area (Å²) in [7, 11) is 0. The third-order valence-corrected chi connectivity index (χ3v) is 5.19. The number of halogens is 1. The number of benzene rings is 2. The van der Waals surface area contributed by atoms with Crippen LogP contribution in [-0.2, 0) is 16.1 Å². The summed E-state index contributed by atoms with van der Waals surface area (Å²) < 4.78 is 11.3. The van der Waals surface area contributed by atoms with E-state index in [9.17, 15) is 4.79 Å². The van der Waals surface area contributed by atoms with E-state index in [0.29, 0.717) is 47.4 Å². The number of carbonyl (C=O) groups is 1. The maximum absolute atomic E-state index is 10.9. The molecule has 1 aromatic heterocycles. The Labute approximate surface area is 196 Å². The highest BCUT2D eigenvalue weighted by molar-refractivity contribution is 6.32. The molecule has 0 atom stereocenters. The molecule has 0 fully saturated rings. The Bertz CT molecular complexity index is 1200. The van der Waals surface area contributed by atoms with Crippen molar-refractivity contribution >= 4 is 40.1 Å². The summed E-state index contributed by atoms with van der Waals surface area (Å²) in [4.78, 5) is 23.7. The maximum atomic E-state index is 10.9. The third-order valence-electron chi connectivity index (χ3n) is 4.91. The van der Waals surface area contributed by atoms with Crippen LogP contribution in [0.25, 0.3) is 16.6 Å². The van der Waals surface area contributed by atoms with Crippen molar-refractivity contribution in [2.24, 2.45) is 10.9 Å². The number of hydrogen-bond donors (Lipinski definition) is 3. The second kappa shape index (κ2) is 10.9. The van der Waals surface area contributed by atoms with Gasteiger partial charge in [-0.1, -0.05) is 36.4 Å². The Hall–Kier alpha value is -3.49. The SMILES string of the molecule is C=C(/N=C(\ON)c1cc(Cl)c(OCC)c(OCC)c1)c1cccc2c(CCC(=O)O)c[nH]c12. The number of aliphatic imine (C=N–C) groups is 1. The predicted octanol–water partition coefficient (Wildman–Crippen LogP) is 4.94. The lowest BCUT2D eigenvalue weighted by Crippen LogP contribution is -2.13. The summed E-state index contributed by atoms with van der Waals surface area (Å²) in [6.07, 6.45) is 2.26. The molecule has 0 unspecified atom stereocenters. The highest BCUT2D eigenvalue weighted by Gasteiger charge is 2.17. The minimum Gasteiger partial charge on any atom is -0.490 e. The molecule has 3 rings (SSSR count). The van der Waals surface area contributed by atoms with E-state index < -0.39 is 5.97 Å². The van der Waals surface area contributed by atoms with Gasteiger partial charge >= 0.3 is 5.97 Å². The van der Waals surface area contributed by atoms with Gasteiger partial charge in [0.05, 0.1) is 29.5 Å². The van der Waals surface area contributed by atoms with E-state index in [-0.39, 0.29) is 12.3 Å². The normalized spacial score (nSPS) is 11.5. The average molecular weight is 472 g/mol. The van der Waals surface area contributed by atoms with Crippen LogP contribution in [0.15, 0.2) is 48.1 Å². The van der Waals surface area contributed by atoms with E-state index in [2.05, 4.69) is 16.6 Å². The number of ether oxygens (including phenoxy) is 2. The first-order valence-electron chi connectivity index (χ1n) is 10.4. The molecule has 9 heteroatoms. The van der Waals surface area contributed by atoms with Crippen LogP contribution in [0.5, 0.6) is 11.5 Å². The zero-order chi connectivity index (χ0) is 24.0. The lowest BCUT2D eigenvalue weighted by Gasteiger charge is -2.15. The van der Waals surface area contributed by atoms with Crippen molar-refractivity contribution in [3.63, 3.8) is 0 Å². The highest BCUT2D eigenvalue weighted by Crippen LogP contribution is 2.37. The zero-order valence-corrected chi connectivity index (χ0v) is 19.2. The fourth-order valence-corrected chi connectivity index (χ4v) is 3.75. The number of carboxylic acid groups (broad SMARTS) is 1. The minimum absolute atomic E-state index is 0.0438. The lowest BCUT2D eigenvalue weighted by molar-refractivity contribution is -0.136. The van der Waals surface area contributed by atoms with Crippen LogP contribution in [0.4, 0.5) is 0 Å². The molecule has 0 aliphatic rings. The van der Waals surface area contributed by atoms with Crippen LogP contribution >= 0.6 is 11.6 Å². The van der Waals surface area contributed by atoms with Crippen molar-refractivity contribution in [2.75, 3.05) is 13.2 Å². The van der Waals surface area contributed by atoms with Gasteiger partial charge in [0.1, 0.15) is 0 Å². The van der Waals surface area contributed by atoms with E-state index in [0.717, 1.165) is 22.0 Å². The summed E-state index contributed by atoms with van der Waals surface area (Å²) in [5.41, 5.74) is 3.32. The molecule has 33 heavy (non-hydrogen) atoms. The molecule has 0 aliphatic heterocycles. The van der Waals surface area contributed by atoms with Crippen LogP contribution in [0, 0.1) is 0 Å². The van der Waals surface area contributed by atoms with Crippen LogP contribution in [-0.4, -0.2) is 35.2 Å². The van der Waals surface area contributed by atoms with Crippen LogP contribution in [0.3, 0.4) is 0 Å². The molecule has 1 heterocycles. The summed E-state index contributed by atoms with van der Waals surface area (Å²) in [6.45, 7) is 8.63. The summed E-state index contributed by atoms with van der Waals surface area (Å²) in [6, 6.07) is 8.97. The molecule has 4 N–H and O–H groups in total. The number of aryl methyl sites for hydroxylation is 1. The monoisotopic (exact) mass is 471 g/mol. The van der Waals surface area contributed by atoms with Crippen molar-refractivity contribution in [1.29, 1.82) is 0 Å². The summed E-state index contributed by atoms with van der Waals surface area (Å²) in [5.74, 6) is 5.67. The van der Waals surface area contributed by atoms with Crippen molar-refractivity contribution in [1.82, 2.24) is 4.98 Å². The number of hydrogen-bond acceptors (Lipinski definition) is 6. The Morgan fingerprint density at radius 2 is 2.00 bits per heavy atom. The molecular formula is C24H26ClN3O5. The fraction of sp³-hybridized carbons (Fsp3) is 0.250. The van der Waals surface area contributed by atoms with E-state index >= 15 is 0 Å². The average Bonchev–Trinajstić information content (AvgIpc) is 3.21. The largest absolute Gasteiger partial charge is 0.490 e. The number of H-pyrrole nitrogens is 1. The van der Waals surface area contributed by atoms with Crippen molar-refractivity contribution in [3.05, 3.63) is 64.8 Å². The number of nitrogens with two attached hydrogens (primary N) is 1. The number of rotatable bonds is 10. The molecular weight excluding hydrogens is 446 g/mol. The van der Waals surface area contributed by atoms with Gasteiger partial charge in [-0.2, -0.15) is 5.90 Å². The van der Waals surface area contributed by atoms with Gasteiger partial charge in [-0.15, -0.1) is 0 Å². The fourth-order valence-electron chi connectivity index (χ4n) is 3.48. The van der Waals surface area contributed by atoms with Gasteiger partial charge in [0.2, 0.25) is 5.90 Å². The number of para-hydroxylation sites is 1. The minimum atomic E-state index is -0.848. The van der Waals surface area contributed by atoms with Crippen LogP contribution in [0.1, 0.15) is 37.0 Å². The molecule has 0 aliphatic carbocycles. The molecule has 0 spiro atoms. The van der Waals surface area contributed by atoms with E-state index in [1.165, 1.54) is 0 Å². The quantitative estimate of drug-likeness (QED) is 0.219. The molecule has 0 saturated carbocycles. The van der Waals surface area contributed by atoms with Gasteiger partial charge in [0.25, 0.3) is 0 Å². The van der Waals surface area contributed by atoms with E-state index in [1.807, 2.05) is 32.0 Å². The standard InChI is InChI=1S/C24H26ClN3O5/c1-4-31-20-12-16(11-19(25)23(20)32-5-2)24(33-26)28-14(3)17-7-6-8-18-15(9-10-21(29)30)13-27-22(17)18/h6-8,11-13,27H,3-5,9-10,26H2,1-2H3,(H,29,30)/b28-24-. The van der Waals surface area contributed by atoms with Crippen LogP contribution < -0.4 is 15.4 Å². The maximum Gasteiger partial charge on any atom is 0.303 e. The van der Waals surface area contributed by atoms with Gasteiger partial charge < -0.3 is 24.4 Å². The lowest BCUT2D eigenvalue weighted by atomic mass is 10.0. The molecule has 0 saturated heterocycles. The Kier molecular flexibility index (Phi) is 7.97. The second-order valence-electron chi connectivity index (χ2n) is 7.07. The number of aliphatic carboxylic acids is 1.